The molecule has 2 fully saturated rings. The van der Waals surface area contributed by atoms with E-state index < -0.39 is 0 Å². The summed E-state index contributed by atoms with van der Waals surface area (Å²) in [5, 5.41) is 13.2. The lowest BCUT2D eigenvalue weighted by Gasteiger charge is -2.40. The predicted octanol–water partition coefficient (Wildman–Crippen LogP) is 4.12. The van der Waals surface area contributed by atoms with Crippen molar-refractivity contribution in [2.45, 2.75) is 44.2 Å². The van der Waals surface area contributed by atoms with Crippen molar-refractivity contribution < 1.29 is 14.2 Å². The number of tetrazole rings is 1. The van der Waals surface area contributed by atoms with Crippen LogP contribution in [0.2, 0.25) is 0 Å². The fourth-order valence-corrected chi connectivity index (χ4v) is 5.62. The van der Waals surface area contributed by atoms with Crippen LogP contribution in [-0.4, -0.2) is 72.6 Å². The van der Waals surface area contributed by atoms with Crippen LogP contribution in [0.4, 0.5) is 5.69 Å². The fraction of sp³-hybridized carbons (Fsp3) is 0.519. The van der Waals surface area contributed by atoms with Gasteiger partial charge in [0, 0.05) is 26.2 Å². The number of hydrogen-bond donors (Lipinski definition) is 0. The highest BCUT2D eigenvalue weighted by Crippen LogP contribution is 2.38. The summed E-state index contributed by atoms with van der Waals surface area (Å²) in [6.45, 7) is 3.51. The van der Waals surface area contributed by atoms with Crippen molar-refractivity contribution in [2.24, 2.45) is 0 Å². The van der Waals surface area contributed by atoms with Gasteiger partial charge in [-0.2, -0.15) is 0 Å². The van der Waals surface area contributed by atoms with Crippen LogP contribution in [0.1, 0.15) is 55.6 Å². The Morgan fingerprint density at radius 1 is 0.806 bits per heavy atom. The van der Waals surface area contributed by atoms with Gasteiger partial charge in [0.25, 0.3) is 0 Å². The fourth-order valence-electron chi connectivity index (χ4n) is 5.62. The molecule has 1 saturated heterocycles. The second-order valence-corrected chi connectivity index (χ2v) is 9.49. The minimum absolute atomic E-state index is 0.0819. The lowest BCUT2D eigenvalue weighted by Crippen LogP contribution is -2.48. The maximum atomic E-state index is 5.65. The molecule has 2 aromatic carbocycles. The normalized spacial score (nSPS) is 18.1. The molecule has 0 N–H and O–H groups in total. The van der Waals surface area contributed by atoms with Gasteiger partial charge in [-0.15, -0.1) is 5.10 Å². The van der Waals surface area contributed by atoms with Gasteiger partial charge in [-0.1, -0.05) is 37.5 Å². The van der Waals surface area contributed by atoms with Crippen molar-refractivity contribution >= 4 is 5.69 Å². The number of aromatic nitrogens is 4. The number of para-hydroxylation sites is 2. The topological polar surface area (TPSA) is 77.8 Å². The molecule has 0 amide bonds. The molecule has 1 aliphatic heterocycles. The Morgan fingerprint density at radius 3 is 2.25 bits per heavy atom. The van der Waals surface area contributed by atoms with Crippen molar-refractivity contribution in [2.75, 3.05) is 52.4 Å². The average molecular weight is 493 g/mol. The average Bonchev–Trinajstić information content (AvgIpc) is 3.43. The molecule has 1 atom stereocenters. The van der Waals surface area contributed by atoms with Gasteiger partial charge in [0.2, 0.25) is 0 Å². The van der Waals surface area contributed by atoms with E-state index in [1.54, 1.807) is 21.3 Å². The van der Waals surface area contributed by atoms with Gasteiger partial charge in [0.1, 0.15) is 5.75 Å². The Hall–Kier alpha value is -3.33. The van der Waals surface area contributed by atoms with Crippen LogP contribution < -0.4 is 19.1 Å². The van der Waals surface area contributed by atoms with Crippen LogP contribution in [0, 0.1) is 0 Å². The van der Waals surface area contributed by atoms with Crippen LogP contribution in [0.15, 0.2) is 42.5 Å². The first kappa shape index (κ1) is 24.4. The highest BCUT2D eigenvalue weighted by atomic mass is 16.5. The summed E-state index contributed by atoms with van der Waals surface area (Å²) in [6, 6.07) is 14.6. The quantitative estimate of drug-likeness (QED) is 0.465. The molecule has 9 nitrogen and oxygen atoms in total. The SMILES string of the molecule is COc1ccc(C(c2nnnn2C2CCCCC2)N2CCN(c3ccccc3OC)CC2)cc1OC. The van der Waals surface area contributed by atoms with Crippen LogP contribution in [0.25, 0.3) is 0 Å². The van der Waals surface area contributed by atoms with Crippen LogP contribution in [-0.2, 0) is 0 Å². The Morgan fingerprint density at radius 2 is 1.53 bits per heavy atom. The molecule has 192 valence electrons. The van der Waals surface area contributed by atoms with E-state index in [1.807, 2.05) is 18.2 Å². The summed E-state index contributed by atoms with van der Waals surface area (Å²) in [5.74, 6) is 3.24. The van der Waals surface area contributed by atoms with E-state index in [2.05, 4.69) is 54.3 Å². The van der Waals surface area contributed by atoms with Crippen LogP contribution >= 0.6 is 0 Å². The Labute approximate surface area is 212 Å². The first-order valence-corrected chi connectivity index (χ1v) is 12.8. The van der Waals surface area contributed by atoms with Crippen molar-refractivity contribution in [1.29, 1.82) is 0 Å². The number of nitrogens with zero attached hydrogens (tertiary/aromatic N) is 6. The zero-order valence-electron chi connectivity index (χ0n) is 21.5. The minimum Gasteiger partial charge on any atom is -0.495 e. The molecule has 1 aromatic heterocycles. The van der Waals surface area contributed by atoms with E-state index in [9.17, 15) is 0 Å². The third-order valence-corrected chi connectivity index (χ3v) is 7.51. The second-order valence-electron chi connectivity index (χ2n) is 9.49. The first-order valence-electron chi connectivity index (χ1n) is 12.8. The summed E-state index contributed by atoms with van der Waals surface area (Å²) < 4.78 is 18.9. The zero-order chi connectivity index (χ0) is 24.9. The van der Waals surface area contributed by atoms with E-state index >= 15 is 0 Å². The highest BCUT2D eigenvalue weighted by molar-refractivity contribution is 5.58. The smallest absolute Gasteiger partial charge is 0.173 e. The zero-order valence-corrected chi connectivity index (χ0v) is 21.5. The van der Waals surface area contributed by atoms with Gasteiger partial charge in [-0.05, 0) is 53.1 Å². The van der Waals surface area contributed by atoms with Crippen molar-refractivity contribution in [3.8, 4) is 17.2 Å². The standard InChI is InChI=1S/C27H36N6O3/c1-34-23-12-8-7-11-22(23)31-15-17-32(18-16-31)26(20-13-14-24(35-2)25(19-20)36-3)27-28-29-30-33(27)21-9-5-4-6-10-21/h7-8,11-14,19,21,26H,4-6,9-10,15-18H2,1-3H3. The summed E-state index contributed by atoms with van der Waals surface area (Å²) >= 11 is 0. The van der Waals surface area contributed by atoms with Gasteiger partial charge < -0.3 is 19.1 Å². The lowest BCUT2D eigenvalue weighted by atomic mass is 9.95. The largest absolute Gasteiger partial charge is 0.495 e. The van der Waals surface area contributed by atoms with Gasteiger partial charge >= 0.3 is 0 Å². The number of anilines is 1. The summed E-state index contributed by atoms with van der Waals surface area (Å²) in [5.41, 5.74) is 2.24. The molecule has 2 heterocycles. The lowest BCUT2D eigenvalue weighted by molar-refractivity contribution is 0.193. The Bertz CT molecular complexity index is 1140. The predicted molar refractivity (Wildman–Crippen MR) is 138 cm³/mol. The van der Waals surface area contributed by atoms with E-state index in [1.165, 1.54) is 19.3 Å². The summed E-state index contributed by atoms with van der Waals surface area (Å²) in [6.07, 6.45) is 5.99. The van der Waals surface area contributed by atoms with E-state index in [-0.39, 0.29) is 6.04 Å². The Balaban J connectivity index is 1.47. The number of piperazine rings is 1. The Kier molecular flexibility index (Phi) is 7.55. The van der Waals surface area contributed by atoms with Gasteiger partial charge in [0.15, 0.2) is 17.3 Å². The van der Waals surface area contributed by atoms with E-state index in [0.717, 1.165) is 61.8 Å². The molecular formula is C27H36N6O3. The molecule has 0 radical (unpaired) electrons. The van der Waals surface area contributed by atoms with Crippen LogP contribution in [0.3, 0.4) is 0 Å². The van der Waals surface area contributed by atoms with Crippen molar-refractivity contribution in [3.05, 3.63) is 53.9 Å². The number of benzene rings is 2. The molecule has 36 heavy (non-hydrogen) atoms. The maximum Gasteiger partial charge on any atom is 0.173 e. The molecule has 9 heteroatoms. The molecule has 0 spiro atoms. The number of rotatable bonds is 8. The molecule has 1 aliphatic carbocycles. The molecular weight excluding hydrogens is 456 g/mol. The molecule has 5 rings (SSSR count). The van der Waals surface area contributed by atoms with Crippen molar-refractivity contribution in [3.63, 3.8) is 0 Å². The maximum absolute atomic E-state index is 5.65. The molecule has 3 aromatic rings. The summed E-state index contributed by atoms with van der Waals surface area (Å²) in [4.78, 5) is 4.88. The molecule has 0 bridgehead atoms. The number of methoxy groups -OCH3 is 3. The van der Waals surface area contributed by atoms with Gasteiger partial charge in [0.05, 0.1) is 39.1 Å². The summed E-state index contributed by atoms with van der Waals surface area (Å²) in [7, 11) is 5.07. The van der Waals surface area contributed by atoms with E-state index in [4.69, 9.17) is 14.2 Å². The third kappa shape index (κ3) is 4.84. The first-order chi connectivity index (χ1) is 17.7. The highest BCUT2D eigenvalue weighted by Gasteiger charge is 2.33. The number of hydrogen-bond acceptors (Lipinski definition) is 8. The molecule has 2 aliphatic rings. The van der Waals surface area contributed by atoms with Crippen molar-refractivity contribution in [1.82, 2.24) is 25.1 Å². The van der Waals surface area contributed by atoms with E-state index in [0.29, 0.717) is 17.5 Å². The molecule has 1 unspecified atom stereocenters. The van der Waals surface area contributed by atoms with Gasteiger partial charge in [-0.3, -0.25) is 4.90 Å². The molecule has 1 saturated carbocycles. The van der Waals surface area contributed by atoms with Crippen LogP contribution in [0.5, 0.6) is 17.2 Å². The van der Waals surface area contributed by atoms with Gasteiger partial charge in [-0.25, -0.2) is 4.68 Å². The minimum atomic E-state index is -0.0819. The monoisotopic (exact) mass is 492 g/mol. The second kappa shape index (κ2) is 11.2. The third-order valence-electron chi connectivity index (χ3n) is 7.51. The number of ether oxygens (including phenoxy) is 3.